The summed E-state index contributed by atoms with van der Waals surface area (Å²) in [4.78, 5) is 32.4. The molecule has 0 aliphatic heterocycles. The highest BCUT2D eigenvalue weighted by Crippen LogP contribution is 2.22. The molecule has 0 aliphatic carbocycles. The number of aliphatic carboxylic acids is 1. The molecule has 7 heteroatoms. The molecule has 122 valence electrons. The van der Waals surface area contributed by atoms with Crippen LogP contribution in [0.2, 0.25) is 0 Å². The Morgan fingerprint density at radius 2 is 1.67 bits per heavy atom. The van der Waals surface area contributed by atoms with Crippen LogP contribution in [0, 0.1) is 10.1 Å². The number of rotatable bonds is 5. The largest absolute Gasteiger partial charge is 0.478 e. The third kappa shape index (κ3) is 4.26. The lowest BCUT2D eigenvalue weighted by Gasteiger charge is -2.04. The first-order valence-corrected chi connectivity index (χ1v) is 6.85. The smallest absolute Gasteiger partial charge is 0.336 e. The Labute approximate surface area is 137 Å². The number of carbonyl (C=O) groups excluding carboxylic acids is 1. The van der Waals surface area contributed by atoms with Gasteiger partial charge in [-0.15, -0.1) is 0 Å². The summed E-state index contributed by atoms with van der Waals surface area (Å²) in [6.45, 7) is 1.28. The van der Waals surface area contributed by atoms with Crippen molar-refractivity contribution in [3.8, 4) is 5.75 Å². The Morgan fingerprint density at radius 3 is 2.12 bits per heavy atom. The lowest BCUT2D eigenvalue weighted by atomic mass is 10.0. The Hall–Kier alpha value is -3.48. The monoisotopic (exact) mass is 327 g/mol. The average molecular weight is 327 g/mol. The van der Waals surface area contributed by atoms with E-state index in [1.165, 1.54) is 37.3 Å². The number of hydrogen-bond donors (Lipinski definition) is 1. The first kappa shape index (κ1) is 16.9. The van der Waals surface area contributed by atoms with E-state index in [-0.39, 0.29) is 11.3 Å². The lowest BCUT2D eigenvalue weighted by Crippen LogP contribution is -2.01. The van der Waals surface area contributed by atoms with E-state index in [0.717, 1.165) is 0 Å². The molecule has 0 atom stereocenters. The normalized spacial score (nSPS) is 11.0. The summed E-state index contributed by atoms with van der Waals surface area (Å²) in [5, 5.41) is 20.0. The van der Waals surface area contributed by atoms with Crippen molar-refractivity contribution in [3.63, 3.8) is 0 Å². The quantitative estimate of drug-likeness (QED) is 0.226. The molecule has 0 saturated heterocycles. The fraction of sp³-hybridized carbons (Fsp3) is 0.0588. The van der Waals surface area contributed by atoms with Crippen molar-refractivity contribution >= 4 is 29.3 Å². The van der Waals surface area contributed by atoms with Gasteiger partial charge in [-0.25, -0.2) is 4.79 Å². The van der Waals surface area contributed by atoms with Crippen LogP contribution in [0.4, 0.5) is 5.69 Å². The second kappa shape index (κ2) is 7.19. The van der Waals surface area contributed by atoms with Gasteiger partial charge < -0.3 is 9.84 Å². The molecule has 2 aromatic rings. The predicted molar refractivity (Wildman–Crippen MR) is 86.4 cm³/mol. The zero-order valence-corrected chi connectivity index (χ0v) is 12.6. The first-order chi connectivity index (χ1) is 11.4. The van der Waals surface area contributed by atoms with Crippen LogP contribution in [-0.2, 0) is 9.59 Å². The van der Waals surface area contributed by atoms with Gasteiger partial charge in [0.1, 0.15) is 5.75 Å². The van der Waals surface area contributed by atoms with Gasteiger partial charge in [-0.2, -0.15) is 0 Å². The number of carboxylic acid groups (broad SMARTS) is 1. The van der Waals surface area contributed by atoms with Gasteiger partial charge in [0.2, 0.25) is 0 Å². The first-order valence-electron chi connectivity index (χ1n) is 6.85. The minimum Gasteiger partial charge on any atom is -0.478 e. The van der Waals surface area contributed by atoms with Gasteiger partial charge in [-0.3, -0.25) is 14.9 Å². The number of esters is 1. The van der Waals surface area contributed by atoms with Crippen molar-refractivity contribution in [1.29, 1.82) is 0 Å². The molecule has 1 N–H and O–H groups in total. The van der Waals surface area contributed by atoms with Gasteiger partial charge in [0.15, 0.2) is 0 Å². The number of nitro benzene ring substituents is 1. The zero-order chi connectivity index (χ0) is 17.7. The van der Waals surface area contributed by atoms with Gasteiger partial charge in [-0.05, 0) is 41.5 Å². The van der Waals surface area contributed by atoms with E-state index in [4.69, 9.17) is 4.74 Å². The number of nitro groups is 1. The van der Waals surface area contributed by atoms with Gasteiger partial charge in [0, 0.05) is 19.1 Å². The molecule has 0 spiro atoms. The van der Waals surface area contributed by atoms with Crippen LogP contribution in [0.3, 0.4) is 0 Å². The van der Waals surface area contributed by atoms with Gasteiger partial charge in [0.25, 0.3) is 5.69 Å². The van der Waals surface area contributed by atoms with Gasteiger partial charge in [-0.1, -0.05) is 12.1 Å². The van der Waals surface area contributed by atoms with Crippen molar-refractivity contribution in [2.45, 2.75) is 6.92 Å². The summed E-state index contributed by atoms with van der Waals surface area (Å²) in [5.74, 6) is -1.25. The van der Waals surface area contributed by atoms with E-state index in [9.17, 15) is 24.8 Å². The summed E-state index contributed by atoms with van der Waals surface area (Å²) < 4.78 is 4.90. The number of carboxylic acids is 1. The average Bonchev–Trinajstić information content (AvgIpc) is 2.53. The Bertz CT molecular complexity index is 806. The second-order valence-corrected chi connectivity index (χ2v) is 4.83. The highest BCUT2D eigenvalue weighted by atomic mass is 16.6. The van der Waals surface area contributed by atoms with Crippen LogP contribution in [0.25, 0.3) is 11.6 Å². The summed E-state index contributed by atoms with van der Waals surface area (Å²) in [5.41, 5.74) is 0.804. The summed E-state index contributed by atoms with van der Waals surface area (Å²) in [7, 11) is 0. The molecule has 2 aromatic carbocycles. The third-order valence-corrected chi connectivity index (χ3v) is 3.07. The van der Waals surface area contributed by atoms with Crippen molar-refractivity contribution < 1.29 is 24.4 Å². The molecule has 0 aliphatic rings. The number of hydrogen-bond acceptors (Lipinski definition) is 5. The van der Waals surface area contributed by atoms with Crippen LogP contribution >= 0.6 is 0 Å². The fourth-order valence-corrected chi connectivity index (χ4v) is 2.00. The van der Waals surface area contributed by atoms with E-state index < -0.39 is 16.9 Å². The molecule has 0 heterocycles. The summed E-state index contributed by atoms with van der Waals surface area (Å²) >= 11 is 0. The fourth-order valence-electron chi connectivity index (χ4n) is 2.00. The maximum absolute atomic E-state index is 11.5. The van der Waals surface area contributed by atoms with Crippen molar-refractivity contribution in [3.05, 3.63) is 69.8 Å². The number of ether oxygens (including phenoxy) is 1. The highest BCUT2D eigenvalue weighted by Gasteiger charge is 2.13. The second-order valence-electron chi connectivity index (χ2n) is 4.83. The topological polar surface area (TPSA) is 107 Å². The lowest BCUT2D eigenvalue weighted by molar-refractivity contribution is -0.384. The van der Waals surface area contributed by atoms with Crippen LogP contribution in [0.5, 0.6) is 5.75 Å². The molecule has 0 radical (unpaired) electrons. The number of benzene rings is 2. The SMILES string of the molecule is CC(=O)Oc1ccc(/C=C(/C(=O)O)c2ccc([N+](=O)[O-])cc2)cc1. The molecule has 24 heavy (non-hydrogen) atoms. The minimum absolute atomic E-state index is 0.00913. The summed E-state index contributed by atoms with van der Waals surface area (Å²) in [6.07, 6.45) is 1.43. The molecule has 0 fully saturated rings. The van der Waals surface area contributed by atoms with Crippen molar-refractivity contribution in [2.24, 2.45) is 0 Å². The van der Waals surface area contributed by atoms with Crippen molar-refractivity contribution in [2.75, 3.05) is 0 Å². The molecule has 0 amide bonds. The maximum atomic E-state index is 11.5. The van der Waals surface area contributed by atoms with Crippen LogP contribution in [0.15, 0.2) is 48.5 Å². The Balaban J connectivity index is 2.32. The minimum atomic E-state index is -1.16. The molecular formula is C17H13NO6. The number of carbonyl (C=O) groups is 2. The van der Waals surface area contributed by atoms with E-state index >= 15 is 0 Å². The molecule has 0 saturated carbocycles. The van der Waals surface area contributed by atoms with E-state index in [1.807, 2.05) is 0 Å². The van der Waals surface area contributed by atoms with Crippen LogP contribution in [0.1, 0.15) is 18.1 Å². The third-order valence-electron chi connectivity index (χ3n) is 3.07. The molecule has 0 bridgehead atoms. The van der Waals surface area contributed by atoms with E-state index in [0.29, 0.717) is 16.9 Å². The summed E-state index contributed by atoms with van der Waals surface area (Å²) in [6, 6.07) is 11.5. The molecule has 0 aromatic heterocycles. The van der Waals surface area contributed by atoms with Crippen LogP contribution in [-0.4, -0.2) is 22.0 Å². The van der Waals surface area contributed by atoms with E-state index in [1.54, 1.807) is 24.3 Å². The number of nitrogens with zero attached hydrogens (tertiary/aromatic N) is 1. The van der Waals surface area contributed by atoms with Crippen LogP contribution < -0.4 is 4.74 Å². The van der Waals surface area contributed by atoms with E-state index in [2.05, 4.69) is 0 Å². The zero-order valence-electron chi connectivity index (χ0n) is 12.6. The molecule has 2 rings (SSSR count). The van der Waals surface area contributed by atoms with Crippen molar-refractivity contribution in [1.82, 2.24) is 0 Å². The Kier molecular flexibility index (Phi) is 5.06. The van der Waals surface area contributed by atoms with Gasteiger partial charge in [0.05, 0.1) is 10.5 Å². The van der Waals surface area contributed by atoms with Gasteiger partial charge >= 0.3 is 11.9 Å². The standard InChI is InChI=1S/C17H13NO6/c1-11(19)24-15-8-2-12(3-9-15)10-16(17(20)21)13-4-6-14(7-5-13)18(22)23/h2-10H,1H3,(H,20,21)/b16-10+. The highest BCUT2D eigenvalue weighted by molar-refractivity contribution is 6.20. The molecule has 0 unspecified atom stereocenters. The predicted octanol–water partition coefficient (Wildman–Crippen LogP) is 3.15. The molecular weight excluding hydrogens is 314 g/mol. The maximum Gasteiger partial charge on any atom is 0.336 e. The molecule has 7 nitrogen and oxygen atoms in total. The Morgan fingerprint density at radius 1 is 1.08 bits per heavy atom. The number of non-ortho nitro benzene ring substituents is 1.